The van der Waals surface area contributed by atoms with Crippen molar-refractivity contribution in [2.75, 3.05) is 6.54 Å². The predicted molar refractivity (Wildman–Crippen MR) is 73.1 cm³/mol. The summed E-state index contributed by atoms with van der Waals surface area (Å²) in [6, 6.07) is 0.250. The van der Waals surface area contributed by atoms with Crippen molar-refractivity contribution in [3.05, 3.63) is 34.5 Å². The second-order valence-electron chi connectivity index (χ2n) is 3.96. The van der Waals surface area contributed by atoms with Crippen molar-refractivity contribution < 1.29 is 0 Å². The maximum atomic E-state index is 4.61. The molecule has 7 heteroatoms. The van der Waals surface area contributed by atoms with Crippen LogP contribution >= 0.6 is 22.9 Å². The van der Waals surface area contributed by atoms with Crippen LogP contribution in [0.4, 0.5) is 0 Å². The van der Waals surface area contributed by atoms with Gasteiger partial charge < -0.3 is 5.32 Å². The molecular formula is C11H13N5S2. The molecule has 3 heterocycles. The third-order valence-electron chi connectivity index (χ3n) is 2.73. The van der Waals surface area contributed by atoms with Crippen molar-refractivity contribution in [3.63, 3.8) is 0 Å². The van der Waals surface area contributed by atoms with Gasteiger partial charge >= 0.3 is 0 Å². The average molecular weight is 279 g/mol. The SMILES string of the molecule is CCNC(Cc1cn2ccsc2n1)c1cnns1. The van der Waals surface area contributed by atoms with Gasteiger partial charge in [0.15, 0.2) is 4.96 Å². The van der Waals surface area contributed by atoms with Crippen molar-refractivity contribution in [1.82, 2.24) is 24.3 Å². The summed E-state index contributed by atoms with van der Waals surface area (Å²) in [6.45, 7) is 3.03. The molecule has 0 amide bonds. The maximum Gasteiger partial charge on any atom is 0.193 e. The lowest BCUT2D eigenvalue weighted by molar-refractivity contribution is 0.552. The first kappa shape index (κ1) is 11.8. The number of rotatable bonds is 5. The minimum atomic E-state index is 0.250. The molecule has 3 aromatic rings. The standard InChI is InChI=1S/C11H13N5S2/c1-2-12-9(10-6-13-15-18-10)5-8-7-16-3-4-17-11(16)14-8/h3-4,6-7,9,12H,2,5H2,1H3. The molecule has 0 fully saturated rings. The highest BCUT2D eigenvalue weighted by molar-refractivity contribution is 7.15. The lowest BCUT2D eigenvalue weighted by Crippen LogP contribution is -2.22. The topological polar surface area (TPSA) is 55.1 Å². The molecule has 18 heavy (non-hydrogen) atoms. The first-order chi connectivity index (χ1) is 8.86. The van der Waals surface area contributed by atoms with Gasteiger partial charge in [0.2, 0.25) is 0 Å². The largest absolute Gasteiger partial charge is 0.309 e. The second kappa shape index (κ2) is 5.13. The number of hydrogen-bond acceptors (Lipinski definition) is 6. The van der Waals surface area contributed by atoms with E-state index in [0.717, 1.165) is 28.5 Å². The molecule has 1 unspecified atom stereocenters. The van der Waals surface area contributed by atoms with E-state index in [4.69, 9.17) is 0 Å². The smallest absolute Gasteiger partial charge is 0.193 e. The Balaban J connectivity index is 1.82. The molecule has 3 aromatic heterocycles. The summed E-state index contributed by atoms with van der Waals surface area (Å²) in [7, 11) is 0. The van der Waals surface area contributed by atoms with E-state index in [1.54, 1.807) is 11.3 Å². The number of aromatic nitrogens is 4. The Hall–Kier alpha value is -1.31. The van der Waals surface area contributed by atoms with Gasteiger partial charge in [-0.25, -0.2) is 4.98 Å². The van der Waals surface area contributed by atoms with E-state index in [1.807, 2.05) is 17.8 Å². The zero-order valence-corrected chi connectivity index (χ0v) is 11.5. The van der Waals surface area contributed by atoms with Crippen LogP contribution in [0.25, 0.3) is 4.96 Å². The molecule has 1 atom stereocenters. The highest BCUT2D eigenvalue weighted by Crippen LogP contribution is 2.21. The number of nitrogens with one attached hydrogen (secondary N) is 1. The summed E-state index contributed by atoms with van der Waals surface area (Å²) in [4.78, 5) is 6.81. The minimum absolute atomic E-state index is 0.250. The molecule has 0 aliphatic rings. The lowest BCUT2D eigenvalue weighted by Gasteiger charge is -2.13. The molecule has 3 rings (SSSR count). The fraction of sp³-hybridized carbons (Fsp3) is 0.364. The molecule has 0 spiro atoms. The van der Waals surface area contributed by atoms with E-state index in [-0.39, 0.29) is 6.04 Å². The van der Waals surface area contributed by atoms with E-state index in [0.29, 0.717) is 0 Å². The van der Waals surface area contributed by atoms with Gasteiger partial charge in [0.25, 0.3) is 0 Å². The van der Waals surface area contributed by atoms with Gasteiger partial charge in [-0.3, -0.25) is 4.40 Å². The molecular weight excluding hydrogens is 266 g/mol. The first-order valence-electron chi connectivity index (χ1n) is 5.78. The Morgan fingerprint density at radius 2 is 2.44 bits per heavy atom. The Morgan fingerprint density at radius 3 is 3.17 bits per heavy atom. The fourth-order valence-corrected chi connectivity index (χ4v) is 3.23. The van der Waals surface area contributed by atoms with Gasteiger partial charge in [0, 0.05) is 24.2 Å². The molecule has 0 aliphatic heterocycles. The number of fused-ring (bicyclic) bond motifs is 1. The second-order valence-corrected chi connectivity index (χ2v) is 5.65. The average Bonchev–Trinajstić information content (AvgIpc) is 3.04. The number of imidazole rings is 1. The molecule has 0 bridgehead atoms. The molecule has 0 saturated carbocycles. The van der Waals surface area contributed by atoms with E-state index in [9.17, 15) is 0 Å². The molecule has 0 saturated heterocycles. The van der Waals surface area contributed by atoms with Crippen molar-refractivity contribution in [1.29, 1.82) is 0 Å². The van der Waals surface area contributed by atoms with E-state index >= 15 is 0 Å². The molecule has 94 valence electrons. The third-order valence-corrected chi connectivity index (χ3v) is 4.28. The van der Waals surface area contributed by atoms with Crippen molar-refractivity contribution in [2.24, 2.45) is 0 Å². The van der Waals surface area contributed by atoms with Gasteiger partial charge in [-0.1, -0.05) is 11.4 Å². The molecule has 1 N–H and O–H groups in total. The number of nitrogens with zero attached hydrogens (tertiary/aromatic N) is 4. The van der Waals surface area contributed by atoms with Gasteiger partial charge in [-0.15, -0.1) is 16.4 Å². The summed E-state index contributed by atoms with van der Waals surface area (Å²) in [5.41, 5.74) is 1.10. The highest BCUT2D eigenvalue weighted by atomic mass is 32.1. The Bertz CT molecular complexity index is 584. The fourth-order valence-electron chi connectivity index (χ4n) is 1.93. The molecule has 5 nitrogen and oxygen atoms in total. The number of likely N-dealkylation sites (N-methyl/N-ethyl adjacent to an activating group) is 1. The third kappa shape index (κ3) is 2.29. The Kier molecular flexibility index (Phi) is 3.35. The summed E-state index contributed by atoms with van der Waals surface area (Å²) < 4.78 is 5.99. The maximum absolute atomic E-state index is 4.61. The van der Waals surface area contributed by atoms with Crippen LogP contribution in [0.3, 0.4) is 0 Å². The van der Waals surface area contributed by atoms with Gasteiger partial charge in [-0.2, -0.15) is 0 Å². The van der Waals surface area contributed by atoms with Crippen LogP contribution in [0.15, 0.2) is 24.0 Å². The van der Waals surface area contributed by atoms with Gasteiger partial charge in [0.05, 0.1) is 22.8 Å². The molecule has 0 aliphatic carbocycles. The molecule has 0 aromatic carbocycles. The summed E-state index contributed by atoms with van der Waals surface area (Å²) in [6.07, 6.45) is 6.82. The highest BCUT2D eigenvalue weighted by Gasteiger charge is 2.15. The van der Waals surface area contributed by atoms with Crippen molar-refractivity contribution in [3.8, 4) is 0 Å². The lowest BCUT2D eigenvalue weighted by atomic mass is 10.1. The number of hydrogen-bond donors (Lipinski definition) is 1. The number of thiazole rings is 1. The van der Waals surface area contributed by atoms with Crippen LogP contribution in [0.5, 0.6) is 0 Å². The van der Waals surface area contributed by atoms with Crippen LogP contribution in [0.1, 0.15) is 23.5 Å². The van der Waals surface area contributed by atoms with Crippen LogP contribution < -0.4 is 5.32 Å². The monoisotopic (exact) mass is 279 g/mol. The zero-order valence-electron chi connectivity index (χ0n) is 9.91. The summed E-state index contributed by atoms with van der Waals surface area (Å²) in [5, 5.41) is 9.40. The Labute approximate surface area is 113 Å². The van der Waals surface area contributed by atoms with Crippen LogP contribution in [0.2, 0.25) is 0 Å². The van der Waals surface area contributed by atoms with Crippen molar-refractivity contribution >= 4 is 27.8 Å². The normalized spacial score (nSPS) is 13.2. The first-order valence-corrected chi connectivity index (χ1v) is 7.44. The van der Waals surface area contributed by atoms with Crippen LogP contribution in [-0.2, 0) is 6.42 Å². The zero-order chi connectivity index (χ0) is 12.4. The van der Waals surface area contributed by atoms with Crippen LogP contribution in [0, 0.1) is 0 Å². The Morgan fingerprint density at radius 1 is 1.50 bits per heavy atom. The van der Waals surface area contributed by atoms with E-state index in [2.05, 4.69) is 37.4 Å². The van der Waals surface area contributed by atoms with Crippen molar-refractivity contribution in [2.45, 2.75) is 19.4 Å². The summed E-state index contributed by atoms with van der Waals surface area (Å²) in [5.74, 6) is 0. The molecule has 0 radical (unpaired) electrons. The quantitative estimate of drug-likeness (QED) is 0.777. The predicted octanol–water partition coefficient (Wildman–Crippen LogP) is 2.14. The minimum Gasteiger partial charge on any atom is -0.309 e. The van der Waals surface area contributed by atoms with E-state index < -0.39 is 0 Å². The van der Waals surface area contributed by atoms with Gasteiger partial charge in [0.1, 0.15) is 0 Å². The van der Waals surface area contributed by atoms with Gasteiger partial charge in [-0.05, 0) is 18.1 Å². The summed E-state index contributed by atoms with van der Waals surface area (Å²) >= 11 is 3.10. The van der Waals surface area contributed by atoms with E-state index in [1.165, 1.54) is 11.5 Å². The van der Waals surface area contributed by atoms with Crippen LogP contribution in [-0.4, -0.2) is 25.5 Å².